The molecule has 0 aliphatic rings. The van der Waals surface area contributed by atoms with Gasteiger partial charge in [-0.2, -0.15) is 0 Å². The highest BCUT2D eigenvalue weighted by Crippen LogP contribution is 2.24. The third-order valence-electron chi connectivity index (χ3n) is 5.50. The number of carbonyl (C=O) groups is 1. The van der Waals surface area contributed by atoms with Gasteiger partial charge in [0.1, 0.15) is 6.10 Å². The van der Waals surface area contributed by atoms with E-state index in [1.807, 2.05) is 0 Å². The van der Waals surface area contributed by atoms with Crippen molar-refractivity contribution in [2.24, 2.45) is 11.7 Å². The zero-order valence-electron chi connectivity index (χ0n) is 19.0. The number of aliphatic hydroxyl groups excluding tert-OH is 1. The Balaban J connectivity index is 0.00000784. The number of benzene rings is 1. The maximum atomic E-state index is 11.8. The van der Waals surface area contributed by atoms with Crippen molar-refractivity contribution >= 4 is 18.3 Å². The summed E-state index contributed by atoms with van der Waals surface area (Å²) in [6.07, 6.45) is 5.13. The number of aliphatic hydroxyl groups is 1. The number of unbranched alkanes of at least 4 members (excludes halogenated alkanes) is 1. The van der Waals surface area contributed by atoms with Crippen molar-refractivity contribution in [3.05, 3.63) is 35.4 Å². The van der Waals surface area contributed by atoms with Crippen LogP contribution < -0.4 is 11.1 Å². The minimum absolute atomic E-state index is 0. The standard InChI is InChI=1S/C24H42N2O2.ClH/c1-6-8-15-26-23(28)22(27)14-13-21(25)17-18(7-2)16-19-9-11-20(12-10-19)24(3,4)5;/h9-12,18,21-22,27H,6-8,13-17,25H2,1-5H3,(H,26,28);1H/t18-,21-,22-;/m0./s1. The topological polar surface area (TPSA) is 75.3 Å². The molecule has 0 aliphatic heterocycles. The van der Waals surface area contributed by atoms with Crippen molar-refractivity contribution in [2.45, 2.75) is 97.1 Å². The van der Waals surface area contributed by atoms with E-state index in [2.05, 4.69) is 64.2 Å². The lowest BCUT2D eigenvalue weighted by Gasteiger charge is -2.22. The van der Waals surface area contributed by atoms with Gasteiger partial charge in [0.05, 0.1) is 0 Å². The number of rotatable bonds is 12. The molecular formula is C24H43ClN2O2. The van der Waals surface area contributed by atoms with Crippen LogP contribution in [0.25, 0.3) is 0 Å². The monoisotopic (exact) mass is 426 g/mol. The van der Waals surface area contributed by atoms with Gasteiger partial charge in [-0.25, -0.2) is 0 Å². The molecule has 5 heteroatoms. The van der Waals surface area contributed by atoms with Gasteiger partial charge in [-0.15, -0.1) is 12.4 Å². The molecule has 0 unspecified atom stereocenters. The second kappa shape index (κ2) is 14.0. The molecule has 3 atom stereocenters. The maximum absolute atomic E-state index is 11.8. The normalized spacial score (nSPS) is 14.6. The van der Waals surface area contributed by atoms with Gasteiger partial charge in [-0.1, -0.05) is 71.7 Å². The predicted molar refractivity (Wildman–Crippen MR) is 126 cm³/mol. The summed E-state index contributed by atoms with van der Waals surface area (Å²) in [6, 6.07) is 8.94. The van der Waals surface area contributed by atoms with Crippen LogP contribution in [-0.4, -0.2) is 29.7 Å². The van der Waals surface area contributed by atoms with Crippen molar-refractivity contribution in [1.29, 1.82) is 0 Å². The zero-order valence-corrected chi connectivity index (χ0v) is 19.9. The van der Waals surface area contributed by atoms with E-state index in [-0.39, 0.29) is 29.8 Å². The number of hydrogen-bond acceptors (Lipinski definition) is 3. The summed E-state index contributed by atoms with van der Waals surface area (Å²) in [5.74, 6) is 0.248. The quantitative estimate of drug-likeness (QED) is 0.422. The lowest BCUT2D eigenvalue weighted by molar-refractivity contribution is -0.129. The number of hydrogen-bond donors (Lipinski definition) is 3. The van der Waals surface area contributed by atoms with Crippen molar-refractivity contribution in [3.63, 3.8) is 0 Å². The molecule has 4 nitrogen and oxygen atoms in total. The second-order valence-corrected chi connectivity index (χ2v) is 9.16. The first-order valence-corrected chi connectivity index (χ1v) is 11.0. The van der Waals surface area contributed by atoms with Crippen LogP contribution in [0.4, 0.5) is 0 Å². The molecule has 0 aliphatic carbocycles. The molecule has 1 amide bonds. The molecule has 1 rings (SSSR count). The van der Waals surface area contributed by atoms with Gasteiger partial charge in [0.25, 0.3) is 0 Å². The highest BCUT2D eigenvalue weighted by Gasteiger charge is 2.19. The fourth-order valence-electron chi connectivity index (χ4n) is 3.42. The summed E-state index contributed by atoms with van der Waals surface area (Å²) >= 11 is 0. The van der Waals surface area contributed by atoms with Gasteiger partial charge >= 0.3 is 0 Å². The Labute approximate surface area is 184 Å². The molecule has 0 saturated heterocycles. The van der Waals surface area contributed by atoms with Crippen LogP contribution >= 0.6 is 12.4 Å². The summed E-state index contributed by atoms with van der Waals surface area (Å²) in [6.45, 7) is 11.6. The van der Waals surface area contributed by atoms with Crippen LogP contribution in [0.1, 0.15) is 84.3 Å². The van der Waals surface area contributed by atoms with E-state index >= 15 is 0 Å². The Morgan fingerprint density at radius 3 is 2.28 bits per heavy atom. The van der Waals surface area contributed by atoms with Gasteiger partial charge in [-0.3, -0.25) is 4.79 Å². The Kier molecular flexibility index (Phi) is 13.5. The van der Waals surface area contributed by atoms with Gasteiger partial charge in [-0.05, 0) is 54.6 Å². The van der Waals surface area contributed by atoms with Crippen LogP contribution in [-0.2, 0) is 16.6 Å². The maximum Gasteiger partial charge on any atom is 0.248 e. The fraction of sp³-hybridized carbons (Fsp3) is 0.708. The van der Waals surface area contributed by atoms with Crippen molar-refractivity contribution in [3.8, 4) is 0 Å². The first-order valence-electron chi connectivity index (χ1n) is 11.0. The van der Waals surface area contributed by atoms with E-state index in [9.17, 15) is 9.90 Å². The molecule has 0 heterocycles. The Morgan fingerprint density at radius 2 is 1.76 bits per heavy atom. The van der Waals surface area contributed by atoms with E-state index in [4.69, 9.17) is 5.73 Å². The molecule has 29 heavy (non-hydrogen) atoms. The zero-order chi connectivity index (χ0) is 21.2. The van der Waals surface area contributed by atoms with Crippen molar-refractivity contribution in [1.82, 2.24) is 5.32 Å². The van der Waals surface area contributed by atoms with Crippen molar-refractivity contribution < 1.29 is 9.90 Å². The molecule has 0 fully saturated rings. The van der Waals surface area contributed by atoms with E-state index < -0.39 is 6.10 Å². The largest absolute Gasteiger partial charge is 0.383 e. The van der Waals surface area contributed by atoms with Gasteiger partial charge in [0.15, 0.2) is 0 Å². The van der Waals surface area contributed by atoms with Gasteiger partial charge in [0, 0.05) is 12.6 Å². The third kappa shape index (κ3) is 11.0. The number of nitrogens with two attached hydrogens (primary N) is 1. The summed E-state index contributed by atoms with van der Waals surface area (Å²) < 4.78 is 0. The summed E-state index contributed by atoms with van der Waals surface area (Å²) in [5, 5.41) is 12.8. The Hall–Kier alpha value is -1.10. The molecular weight excluding hydrogens is 384 g/mol. The van der Waals surface area contributed by atoms with E-state index in [1.54, 1.807) is 0 Å². The van der Waals surface area contributed by atoms with Crippen LogP contribution in [0.2, 0.25) is 0 Å². The fourth-order valence-corrected chi connectivity index (χ4v) is 3.42. The molecule has 1 aromatic rings. The van der Waals surface area contributed by atoms with E-state index in [0.29, 0.717) is 25.3 Å². The summed E-state index contributed by atoms with van der Waals surface area (Å²) in [5.41, 5.74) is 9.19. The molecule has 0 saturated carbocycles. The Bertz CT molecular complexity index is 569. The molecule has 168 valence electrons. The number of carbonyl (C=O) groups excluding carboxylic acids is 1. The first kappa shape index (κ1) is 27.9. The molecule has 1 aromatic carbocycles. The van der Waals surface area contributed by atoms with E-state index in [0.717, 1.165) is 32.1 Å². The molecule has 0 radical (unpaired) electrons. The predicted octanol–water partition coefficient (Wildman–Crippen LogP) is 4.75. The summed E-state index contributed by atoms with van der Waals surface area (Å²) in [4.78, 5) is 11.8. The smallest absolute Gasteiger partial charge is 0.248 e. The molecule has 0 spiro atoms. The van der Waals surface area contributed by atoms with Gasteiger partial charge in [0.2, 0.25) is 5.91 Å². The number of nitrogens with one attached hydrogen (secondary N) is 1. The van der Waals surface area contributed by atoms with Crippen LogP contribution in [0, 0.1) is 5.92 Å². The molecule has 0 aromatic heterocycles. The first-order chi connectivity index (χ1) is 13.2. The van der Waals surface area contributed by atoms with Crippen LogP contribution in [0.5, 0.6) is 0 Å². The highest BCUT2D eigenvalue weighted by atomic mass is 35.5. The minimum Gasteiger partial charge on any atom is -0.383 e. The molecule has 0 bridgehead atoms. The van der Waals surface area contributed by atoms with Crippen LogP contribution in [0.15, 0.2) is 24.3 Å². The van der Waals surface area contributed by atoms with Crippen molar-refractivity contribution in [2.75, 3.05) is 6.54 Å². The molecule has 4 N–H and O–H groups in total. The Morgan fingerprint density at radius 1 is 1.14 bits per heavy atom. The second-order valence-electron chi connectivity index (χ2n) is 9.16. The lowest BCUT2D eigenvalue weighted by atomic mass is 9.85. The number of halogens is 1. The average molecular weight is 427 g/mol. The minimum atomic E-state index is -0.951. The summed E-state index contributed by atoms with van der Waals surface area (Å²) in [7, 11) is 0. The highest BCUT2D eigenvalue weighted by molar-refractivity contribution is 5.85. The third-order valence-corrected chi connectivity index (χ3v) is 5.50. The number of amides is 1. The van der Waals surface area contributed by atoms with Crippen LogP contribution in [0.3, 0.4) is 0 Å². The van der Waals surface area contributed by atoms with Gasteiger partial charge < -0.3 is 16.2 Å². The lowest BCUT2D eigenvalue weighted by Crippen LogP contribution is -2.36. The van der Waals surface area contributed by atoms with E-state index in [1.165, 1.54) is 11.1 Å². The SMILES string of the molecule is CCCCNC(=O)[C@@H](O)CC[C@H](N)C[C@@H](CC)Cc1ccc(C(C)(C)C)cc1.Cl. The average Bonchev–Trinajstić information content (AvgIpc) is 2.65.